The second kappa shape index (κ2) is 5.32. The minimum absolute atomic E-state index is 0.202. The van der Waals surface area contributed by atoms with Crippen LogP contribution in [0.2, 0.25) is 0 Å². The molecule has 0 atom stereocenters. The fraction of sp³-hybridized carbons (Fsp3) is 0.143. The Labute approximate surface area is 124 Å². The molecule has 2 amide bonds. The molecular formula is C14H11N3O5. The summed E-state index contributed by atoms with van der Waals surface area (Å²) in [6.07, 6.45) is 2.99. The molecule has 0 unspecified atom stereocenters. The molecule has 1 aromatic carbocycles. The van der Waals surface area contributed by atoms with E-state index in [0.29, 0.717) is 10.8 Å². The van der Waals surface area contributed by atoms with E-state index in [1.54, 1.807) is 25.4 Å². The van der Waals surface area contributed by atoms with Gasteiger partial charge in [-0.05, 0) is 12.1 Å². The molecule has 1 aromatic heterocycles. The number of amides is 2. The van der Waals surface area contributed by atoms with Gasteiger partial charge in [-0.2, -0.15) is 5.10 Å². The van der Waals surface area contributed by atoms with Crippen molar-refractivity contribution < 1.29 is 24.0 Å². The van der Waals surface area contributed by atoms with Crippen molar-refractivity contribution in [1.82, 2.24) is 14.8 Å². The summed E-state index contributed by atoms with van der Waals surface area (Å²) in [5, 5.41) is 4.31. The van der Waals surface area contributed by atoms with Crippen molar-refractivity contribution in [2.75, 3.05) is 6.61 Å². The fourth-order valence-electron chi connectivity index (χ4n) is 1.99. The minimum Gasteiger partial charge on any atom is -0.479 e. The number of nitrogens with zero attached hydrogens (tertiary/aromatic N) is 3. The average molecular weight is 301 g/mol. The maximum Gasteiger partial charge on any atom is 0.370 e. The molecule has 8 heteroatoms. The molecule has 0 radical (unpaired) electrons. The van der Waals surface area contributed by atoms with E-state index in [-0.39, 0.29) is 11.1 Å². The van der Waals surface area contributed by atoms with Crippen LogP contribution < -0.4 is 4.74 Å². The summed E-state index contributed by atoms with van der Waals surface area (Å²) in [4.78, 5) is 40.5. The predicted octanol–water partition coefficient (Wildman–Crippen LogP) is 0.553. The number of hydroxylamine groups is 2. The quantitative estimate of drug-likeness (QED) is 0.766. The largest absolute Gasteiger partial charge is 0.479 e. The van der Waals surface area contributed by atoms with Gasteiger partial charge in [-0.3, -0.25) is 14.3 Å². The van der Waals surface area contributed by atoms with Crippen molar-refractivity contribution in [3.63, 3.8) is 0 Å². The van der Waals surface area contributed by atoms with Crippen molar-refractivity contribution in [2.24, 2.45) is 7.05 Å². The number of carbonyl (C=O) groups is 3. The van der Waals surface area contributed by atoms with Crippen molar-refractivity contribution >= 4 is 17.8 Å². The summed E-state index contributed by atoms with van der Waals surface area (Å²) in [5.41, 5.74) is 0.405. The molecule has 0 bridgehead atoms. The van der Waals surface area contributed by atoms with Crippen LogP contribution in [0.25, 0.3) is 0 Å². The van der Waals surface area contributed by atoms with Gasteiger partial charge in [-0.15, -0.1) is 0 Å². The molecule has 0 fully saturated rings. The molecular weight excluding hydrogens is 290 g/mol. The van der Waals surface area contributed by atoms with Gasteiger partial charge in [0.2, 0.25) is 0 Å². The first-order chi connectivity index (χ1) is 10.6. The number of rotatable bonds is 4. The van der Waals surface area contributed by atoms with Crippen LogP contribution in [-0.4, -0.2) is 39.2 Å². The SMILES string of the molecule is Cn1cc(OCC(=O)ON2C(=O)c3ccccc3C2=O)cn1. The molecule has 0 aliphatic carbocycles. The molecule has 22 heavy (non-hydrogen) atoms. The maximum absolute atomic E-state index is 12.0. The zero-order valence-electron chi connectivity index (χ0n) is 11.6. The van der Waals surface area contributed by atoms with E-state index in [9.17, 15) is 14.4 Å². The first-order valence-corrected chi connectivity index (χ1v) is 6.36. The number of aryl methyl sites for hydroxylation is 1. The van der Waals surface area contributed by atoms with Gasteiger partial charge in [0.15, 0.2) is 12.4 Å². The highest BCUT2D eigenvalue weighted by Gasteiger charge is 2.38. The van der Waals surface area contributed by atoms with Gasteiger partial charge in [-0.25, -0.2) is 4.79 Å². The number of benzene rings is 1. The Balaban J connectivity index is 1.63. The van der Waals surface area contributed by atoms with Crippen molar-refractivity contribution in [3.05, 3.63) is 47.8 Å². The lowest BCUT2D eigenvalue weighted by atomic mass is 10.1. The van der Waals surface area contributed by atoms with Gasteiger partial charge in [0.05, 0.1) is 23.5 Å². The number of ether oxygens (including phenoxy) is 1. The number of hydrogen-bond donors (Lipinski definition) is 0. The van der Waals surface area contributed by atoms with Gasteiger partial charge >= 0.3 is 5.97 Å². The molecule has 2 heterocycles. The van der Waals surface area contributed by atoms with Crippen LogP contribution in [0.5, 0.6) is 5.75 Å². The zero-order valence-corrected chi connectivity index (χ0v) is 11.6. The molecule has 0 saturated carbocycles. The highest BCUT2D eigenvalue weighted by atomic mass is 16.7. The van der Waals surface area contributed by atoms with E-state index in [2.05, 4.69) is 5.10 Å². The minimum atomic E-state index is -0.863. The number of aromatic nitrogens is 2. The molecule has 1 aliphatic rings. The number of hydrogen-bond acceptors (Lipinski definition) is 6. The molecule has 0 spiro atoms. The van der Waals surface area contributed by atoms with E-state index in [4.69, 9.17) is 9.57 Å². The van der Waals surface area contributed by atoms with E-state index >= 15 is 0 Å². The lowest BCUT2D eigenvalue weighted by Gasteiger charge is -2.12. The van der Waals surface area contributed by atoms with Crippen LogP contribution in [0.1, 0.15) is 20.7 Å². The lowest BCUT2D eigenvalue weighted by Crippen LogP contribution is -2.34. The van der Waals surface area contributed by atoms with Gasteiger partial charge in [0, 0.05) is 7.05 Å². The van der Waals surface area contributed by atoms with Crippen LogP contribution >= 0.6 is 0 Å². The van der Waals surface area contributed by atoms with Gasteiger partial charge in [0.25, 0.3) is 11.8 Å². The van der Waals surface area contributed by atoms with Crippen LogP contribution in [0.3, 0.4) is 0 Å². The number of carbonyl (C=O) groups excluding carboxylic acids is 3. The number of fused-ring (bicyclic) bond motifs is 1. The summed E-state index contributed by atoms with van der Waals surface area (Å²) in [7, 11) is 1.70. The third-order valence-corrected chi connectivity index (χ3v) is 2.99. The summed E-state index contributed by atoms with van der Waals surface area (Å²) in [6, 6.07) is 6.24. The second-order valence-electron chi connectivity index (χ2n) is 4.55. The van der Waals surface area contributed by atoms with E-state index in [1.807, 2.05) is 0 Å². The smallest absolute Gasteiger partial charge is 0.370 e. The third kappa shape index (κ3) is 2.41. The monoisotopic (exact) mass is 301 g/mol. The standard InChI is InChI=1S/C14H11N3O5/c1-16-7-9(6-15-16)21-8-12(18)22-17-13(19)10-4-2-3-5-11(10)14(17)20/h2-7H,8H2,1H3. The Kier molecular flexibility index (Phi) is 3.34. The van der Waals surface area contributed by atoms with Crippen LogP contribution in [0.4, 0.5) is 0 Å². The Bertz CT molecular complexity index is 732. The Morgan fingerprint density at radius 3 is 2.36 bits per heavy atom. The lowest BCUT2D eigenvalue weighted by molar-refractivity contribution is -0.170. The summed E-state index contributed by atoms with van der Waals surface area (Å²) >= 11 is 0. The normalized spacial score (nSPS) is 13.2. The fourth-order valence-corrected chi connectivity index (χ4v) is 1.99. The topological polar surface area (TPSA) is 90.7 Å². The molecule has 2 aromatic rings. The predicted molar refractivity (Wildman–Crippen MR) is 71.7 cm³/mol. The van der Waals surface area contributed by atoms with Crippen LogP contribution in [0, 0.1) is 0 Å². The molecule has 3 rings (SSSR count). The van der Waals surface area contributed by atoms with Gasteiger partial charge < -0.3 is 9.57 Å². The van der Waals surface area contributed by atoms with E-state index < -0.39 is 24.4 Å². The Morgan fingerprint density at radius 1 is 1.18 bits per heavy atom. The van der Waals surface area contributed by atoms with E-state index in [1.165, 1.54) is 23.0 Å². The first kappa shape index (κ1) is 13.8. The summed E-state index contributed by atoms with van der Waals surface area (Å²) < 4.78 is 6.64. The summed E-state index contributed by atoms with van der Waals surface area (Å²) in [6.45, 7) is -0.445. The molecule has 0 N–H and O–H groups in total. The summed E-state index contributed by atoms with van der Waals surface area (Å²) in [5.74, 6) is -1.83. The highest BCUT2D eigenvalue weighted by Crippen LogP contribution is 2.22. The Hall–Kier alpha value is -3.16. The van der Waals surface area contributed by atoms with Crippen molar-refractivity contribution in [2.45, 2.75) is 0 Å². The van der Waals surface area contributed by atoms with Crippen LogP contribution in [-0.2, 0) is 16.7 Å². The second-order valence-corrected chi connectivity index (χ2v) is 4.55. The number of imide groups is 1. The van der Waals surface area contributed by atoms with Crippen molar-refractivity contribution in [1.29, 1.82) is 0 Å². The molecule has 112 valence electrons. The third-order valence-electron chi connectivity index (χ3n) is 2.99. The first-order valence-electron chi connectivity index (χ1n) is 6.36. The van der Waals surface area contributed by atoms with Crippen molar-refractivity contribution in [3.8, 4) is 5.75 Å². The van der Waals surface area contributed by atoms with Crippen LogP contribution in [0.15, 0.2) is 36.7 Å². The Morgan fingerprint density at radius 2 is 1.82 bits per heavy atom. The maximum atomic E-state index is 12.0. The molecule has 0 saturated heterocycles. The van der Waals surface area contributed by atoms with Gasteiger partial charge in [0.1, 0.15) is 0 Å². The highest BCUT2D eigenvalue weighted by molar-refractivity contribution is 6.20. The molecule has 1 aliphatic heterocycles. The van der Waals surface area contributed by atoms with Gasteiger partial charge in [-0.1, -0.05) is 17.2 Å². The van der Waals surface area contributed by atoms with E-state index in [0.717, 1.165) is 0 Å². The average Bonchev–Trinajstić information content (AvgIpc) is 3.03. The molecule has 8 nitrogen and oxygen atoms in total. The zero-order chi connectivity index (χ0) is 15.7.